The van der Waals surface area contributed by atoms with Gasteiger partial charge in [0, 0.05) is 16.5 Å². The van der Waals surface area contributed by atoms with Crippen molar-refractivity contribution in [3.63, 3.8) is 0 Å². The first kappa shape index (κ1) is 22.3. The molecule has 0 radical (unpaired) electrons. The average Bonchev–Trinajstić information content (AvgIpc) is 3.34. The van der Waals surface area contributed by atoms with Crippen LogP contribution in [-0.2, 0) is 11.4 Å². The minimum Gasteiger partial charge on any atom is -0.487 e. The standard InChI is InChI=1S/C23H23ClI2N2O2/c1-23-9-5-4-7-16(23)20(23)22(29)28-27-12-14-10-18(25)21(19(26)11-14)30-13-15-6-2-3-8-17(15)24/h2-3,6,8,10-12,16,20H,4-5,7,9,13H2,1H3,(H,28,29)/b27-12-/t16-,20-,23+/m1/s1. The molecule has 1 N–H and O–H groups in total. The topological polar surface area (TPSA) is 50.7 Å². The Hall–Kier alpha value is -0.870. The third-order valence-corrected chi connectivity index (χ3v) is 8.32. The van der Waals surface area contributed by atoms with Crippen LogP contribution in [0.4, 0.5) is 0 Å². The van der Waals surface area contributed by atoms with E-state index in [4.69, 9.17) is 16.3 Å². The minimum absolute atomic E-state index is 0.0599. The van der Waals surface area contributed by atoms with E-state index in [-0.39, 0.29) is 17.2 Å². The number of benzene rings is 2. The van der Waals surface area contributed by atoms with Gasteiger partial charge in [0.1, 0.15) is 12.4 Å². The zero-order valence-electron chi connectivity index (χ0n) is 16.6. The summed E-state index contributed by atoms with van der Waals surface area (Å²) in [6, 6.07) is 11.7. The van der Waals surface area contributed by atoms with Crippen LogP contribution in [0, 0.1) is 24.4 Å². The Morgan fingerprint density at radius 2 is 2.03 bits per heavy atom. The maximum absolute atomic E-state index is 12.5. The van der Waals surface area contributed by atoms with Crippen molar-refractivity contribution in [3.05, 3.63) is 59.7 Å². The van der Waals surface area contributed by atoms with Gasteiger partial charge in [-0.3, -0.25) is 4.79 Å². The van der Waals surface area contributed by atoms with Gasteiger partial charge < -0.3 is 4.74 Å². The van der Waals surface area contributed by atoms with Crippen LogP contribution in [0.1, 0.15) is 43.7 Å². The molecule has 0 unspecified atom stereocenters. The number of rotatable bonds is 6. The quantitative estimate of drug-likeness (QED) is 0.224. The minimum atomic E-state index is 0.0599. The lowest BCUT2D eigenvalue weighted by Gasteiger charge is -2.15. The Morgan fingerprint density at radius 1 is 1.30 bits per heavy atom. The summed E-state index contributed by atoms with van der Waals surface area (Å²) in [5.41, 5.74) is 4.84. The first-order valence-electron chi connectivity index (χ1n) is 10.1. The molecule has 0 aliphatic heterocycles. The van der Waals surface area contributed by atoms with E-state index in [0.29, 0.717) is 17.5 Å². The van der Waals surface area contributed by atoms with E-state index in [1.54, 1.807) is 6.21 Å². The van der Waals surface area contributed by atoms with Crippen LogP contribution in [0.2, 0.25) is 5.02 Å². The molecule has 3 atom stereocenters. The fourth-order valence-electron chi connectivity index (χ4n) is 4.65. The van der Waals surface area contributed by atoms with Crippen molar-refractivity contribution in [1.29, 1.82) is 0 Å². The number of ether oxygens (including phenoxy) is 1. The van der Waals surface area contributed by atoms with E-state index in [1.807, 2.05) is 36.4 Å². The van der Waals surface area contributed by atoms with E-state index in [9.17, 15) is 4.79 Å². The van der Waals surface area contributed by atoms with Gasteiger partial charge in [-0.05, 0) is 93.1 Å². The summed E-state index contributed by atoms with van der Waals surface area (Å²) in [6.45, 7) is 2.66. The number of hydrazone groups is 1. The molecule has 2 saturated carbocycles. The molecule has 2 fully saturated rings. The summed E-state index contributed by atoms with van der Waals surface area (Å²) in [6.07, 6.45) is 6.52. The van der Waals surface area contributed by atoms with Crippen molar-refractivity contribution in [1.82, 2.24) is 5.43 Å². The molecule has 2 aliphatic carbocycles. The third kappa shape index (κ3) is 4.65. The summed E-state index contributed by atoms with van der Waals surface area (Å²) in [4.78, 5) is 12.5. The number of hydrogen-bond donors (Lipinski definition) is 1. The van der Waals surface area contributed by atoms with Crippen LogP contribution in [0.3, 0.4) is 0 Å². The number of carbonyl (C=O) groups excluding carboxylic acids is 1. The maximum atomic E-state index is 12.5. The van der Waals surface area contributed by atoms with Crippen molar-refractivity contribution in [2.24, 2.45) is 22.4 Å². The van der Waals surface area contributed by atoms with Crippen LogP contribution in [0.25, 0.3) is 0 Å². The van der Waals surface area contributed by atoms with E-state index >= 15 is 0 Å². The molecular weight excluding hydrogens is 626 g/mol. The van der Waals surface area contributed by atoms with Gasteiger partial charge in [-0.2, -0.15) is 5.10 Å². The molecule has 0 bridgehead atoms. The van der Waals surface area contributed by atoms with Crippen LogP contribution in [0.5, 0.6) is 5.75 Å². The third-order valence-electron chi connectivity index (χ3n) is 6.35. The number of halogens is 3. The molecule has 2 aliphatic rings. The Morgan fingerprint density at radius 3 is 2.70 bits per heavy atom. The SMILES string of the molecule is C[C@]12CCCC[C@@H]1[C@@H]2C(=O)N/N=C\c1cc(I)c(OCc2ccccc2Cl)c(I)c1. The fourth-order valence-corrected chi connectivity index (χ4v) is 6.97. The first-order valence-corrected chi connectivity index (χ1v) is 12.6. The average molecular weight is 649 g/mol. The summed E-state index contributed by atoms with van der Waals surface area (Å²) in [5.74, 6) is 1.55. The first-order chi connectivity index (χ1) is 14.4. The highest BCUT2D eigenvalue weighted by atomic mass is 127. The Balaban J connectivity index is 1.37. The van der Waals surface area contributed by atoms with Crippen molar-refractivity contribution < 1.29 is 9.53 Å². The molecular formula is C23H23ClI2N2O2. The van der Waals surface area contributed by atoms with Gasteiger partial charge >= 0.3 is 0 Å². The fraction of sp³-hybridized carbons (Fsp3) is 0.391. The lowest BCUT2D eigenvalue weighted by Crippen LogP contribution is -2.22. The predicted octanol–water partition coefficient (Wildman–Crippen LogP) is 6.40. The van der Waals surface area contributed by atoms with Crippen LogP contribution in [-0.4, -0.2) is 12.1 Å². The molecule has 4 nitrogen and oxygen atoms in total. The van der Waals surface area contributed by atoms with Gasteiger partial charge in [0.2, 0.25) is 5.91 Å². The lowest BCUT2D eigenvalue weighted by atomic mass is 9.90. The van der Waals surface area contributed by atoms with Gasteiger partial charge in [0.05, 0.1) is 13.4 Å². The Bertz CT molecular complexity index is 974. The van der Waals surface area contributed by atoms with Crippen molar-refractivity contribution >= 4 is 68.9 Å². The number of nitrogens with zero attached hydrogens (tertiary/aromatic N) is 1. The second-order valence-corrected chi connectivity index (χ2v) is 11.0. The van der Waals surface area contributed by atoms with Crippen molar-refractivity contribution in [2.45, 2.75) is 39.2 Å². The highest BCUT2D eigenvalue weighted by Gasteiger charge is 2.64. The van der Waals surface area contributed by atoms with E-state index in [1.165, 1.54) is 19.3 Å². The molecule has 2 aromatic carbocycles. The maximum Gasteiger partial charge on any atom is 0.244 e. The molecule has 0 spiro atoms. The van der Waals surface area contributed by atoms with Gasteiger partial charge in [-0.15, -0.1) is 0 Å². The Labute approximate surface area is 209 Å². The predicted molar refractivity (Wildman–Crippen MR) is 137 cm³/mol. The highest BCUT2D eigenvalue weighted by molar-refractivity contribution is 14.1. The van der Waals surface area contributed by atoms with Gasteiger partial charge in [0.25, 0.3) is 0 Å². The van der Waals surface area contributed by atoms with E-state index in [0.717, 1.165) is 30.4 Å². The molecule has 0 saturated heterocycles. The van der Waals surface area contributed by atoms with Crippen LogP contribution in [0.15, 0.2) is 41.5 Å². The van der Waals surface area contributed by atoms with Crippen molar-refractivity contribution in [3.8, 4) is 5.75 Å². The van der Waals surface area contributed by atoms with Crippen molar-refractivity contribution in [2.75, 3.05) is 0 Å². The van der Waals surface area contributed by atoms with Crippen LogP contribution >= 0.6 is 56.8 Å². The number of amides is 1. The highest BCUT2D eigenvalue weighted by Crippen LogP contribution is 2.66. The largest absolute Gasteiger partial charge is 0.487 e. The number of hydrogen-bond acceptors (Lipinski definition) is 3. The molecule has 4 rings (SSSR count). The second-order valence-electron chi connectivity index (χ2n) is 8.26. The number of fused-ring (bicyclic) bond motifs is 1. The molecule has 158 valence electrons. The van der Waals surface area contributed by atoms with Gasteiger partial charge in [0.15, 0.2) is 0 Å². The molecule has 7 heteroatoms. The van der Waals surface area contributed by atoms with Gasteiger partial charge in [-0.1, -0.05) is 49.6 Å². The second kappa shape index (κ2) is 9.32. The summed E-state index contributed by atoms with van der Waals surface area (Å²) in [5, 5.41) is 4.92. The molecule has 30 heavy (non-hydrogen) atoms. The lowest BCUT2D eigenvalue weighted by molar-refractivity contribution is -0.123. The van der Waals surface area contributed by atoms with E-state index < -0.39 is 0 Å². The smallest absolute Gasteiger partial charge is 0.244 e. The summed E-state index contributed by atoms with van der Waals surface area (Å²) < 4.78 is 8.00. The zero-order valence-corrected chi connectivity index (χ0v) is 21.7. The zero-order chi connectivity index (χ0) is 21.3. The summed E-state index contributed by atoms with van der Waals surface area (Å²) >= 11 is 10.7. The summed E-state index contributed by atoms with van der Waals surface area (Å²) in [7, 11) is 0. The molecule has 2 aromatic rings. The number of nitrogens with one attached hydrogen (secondary N) is 1. The number of carbonyl (C=O) groups is 1. The Kier molecular flexibility index (Phi) is 6.94. The monoisotopic (exact) mass is 648 g/mol. The molecule has 0 heterocycles. The normalized spacial score (nSPS) is 25.1. The molecule has 1 amide bonds. The van der Waals surface area contributed by atoms with Crippen LogP contribution < -0.4 is 10.2 Å². The van der Waals surface area contributed by atoms with E-state index in [2.05, 4.69) is 62.6 Å². The van der Waals surface area contributed by atoms with Gasteiger partial charge in [-0.25, -0.2) is 5.43 Å². The molecule has 0 aromatic heterocycles.